The van der Waals surface area contributed by atoms with Crippen molar-refractivity contribution < 1.29 is 14.4 Å². The Morgan fingerprint density at radius 3 is 2.50 bits per heavy atom. The lowest BCUT2D eigenvalue weighted by molar-refractivity contribution is 0.226. The zero-order chi connectivity index (χ0) is 8.74. The Hall–Kier alpha value is 0.0969. The molecule has 0 bridgehead atoms. The van der Waals surface area contributed by atoms with Crippen LogP contribution < -0.4 is 0 Å². The lowest BCUT2D eigenvalue weighted by Gasteiger charge is -2.06. The Labute approximate surface area is 54.4 Å². The molecule has 0 fully saturated rings. The van der Waals surface area contributed by atoms with Gasteiger partial charge in [0.1, 0.15) is 0 Å². The van der Waals surface area contributed by atoms with E-state index in [0.29, 0.717) is 6.04 Å². The summed E-state index contributed by atoms with van der Waals surface area (Å²) in [6, 6.07) is 0.347. The summed E-state index contributed by atoms with van der Waals surface area (Å²) in [6.45, 7) is 1.96. The van der Waals surface area contributed by atoms with Gasteiger partial charge in [-0.25, -0.2) is 0 Å². The topological polar surface area (TPSA) is 60.7 Å². The number of hydrogen-bond acceptors (Lipinski definition) is 3. The minimum absolute atomic E-state index is 0.347. The van der Waals surface area contributed by atoms with Gasteiger partial charge in [0.25, 0.3) is 0 Å². The summed E-state index contributed by atoms with van der Waals surface area (Å²) in [6.07, 6.45) is 1.63. The maximum atomic E-state index is 6.56. The summed E-state index contributed by atoms with van der Waals surface area (Å²) in [5, 5.41) is 0. The summed E-state index contributed by atoms with van der Waals surface area (Å²) in [7, 11) is -3.24. The second-order valence-corrected chi connectivity index (χ2v) is 3.65. The van der Waals surface area contributed by atoms with Crippen molar-refractivity contribution >= 4 is 8.80 Å². The third kappa shape index (κ3) is 6.10. The van der Waals surface area contributed by atoms with Crippen molar-refractivity contribution in [2.75, 3.05) is 0 Å². The van der Waals surface area contributed by atoms with Gasteiger partial charge < -0.3 is 14.4 Å². The molecular formula is C4H12O3Si. The third-order valence-corrected chi connectivity index (χ3v) is 1.80. The van der Waals surface area contributed by atoms with Crippen molar-refractivity contribution in [3.8, 4) is 0 Å². The summed E-state index contributed by atoms with van der Waals surface area (Å²) >= 11 is 0. The maximum absolute atomic E-state index is 6.56. The van der Waals surface area contributed by atoms with Crippen molar-refractivity contribution in [1.29, 1.82) is 4.29 Å². The van der Waals surface area contributed by atoms with Crippen LogP contribution in [0.4, 0.5) is 0 Å². The van der Waals surface area contributed by atoms with Crippen LogP contribution in [0.5, 0.6) is 0 Å². The maximum Gasteiger partial charge on any atom is 0.492 e. The van der Waals surface area contributed by atoms with E-state index in [0.717, 1.165) is 12.8 Å². The normalized spacial score (nSPS) is 16.9. The molecule has 3 nitrogen and oxygen atoms in total. The van der Waals surface area contributed by atoms with E-state index in [-0.39, 0.29) is 0 Å². The highest BCUT2D eigenvalue weighted by molar-refractivity contribution is 6.56. The summed E-state index contributed by atoms with van der Waals surface area (Å²) in [5.41, 5.74) is 0. The van der Waals surface area contributed by atoms with E-state index in [9.17, 15) is 0 Å². The van der Waals surface area contributed by atoms with Crippen LogP contribution in [-0.2, 0) is 0 Å². The summed E-state index contributed by atoms with van der Waals surface area (Å²) < 4.78 is 19.7. The van der Waals surface area contributed by atoms with Gasteiger partial charge in [0.2, 0.25) is 0 Å². The molecule has 0 rings (SSSR count). The largest absolute Gasteiger partial charge is 0.492 e. The highest BCUT2D eigenvalue weighted by Crippen LogP contribution is 2.02. The average Bonchev–Trinajstić information content (AvgIpc) is 2.08. The molecule has 0 saturated heterocycles. The van der Waals surface area contributed by atoms with Gasteiger partial charge in [-0.3, -0.25) is 0 Å². The molecule has 0 spiro atoms. The van der Waals surface area contributed by atoms with Gasteiger partial charge in [-0.1, -0.05) is 13.3 Å². The van der Waals surface area contributed by atoms with E-state index in [1.54, 1.807) is 0 Å². The van der Waals surface area contributed by atoms with Crippen LogP contribution in [-0.4, -0.2) is 27.5 Å². The van der Waals surface area contributed by atoms with Gasteiger partial charge in [-0.05, 0) is 6.42 Å². The number of hydrogen-bond donors (Lipinski definition) is 3. The second kappa shape index (κ2) is 3.19. The van der Waals surface area contributed by atoms with E-state index >= 15 is 0 Å². The Morgan fingerprint density at radius 2 is 2.12 bits per heavy atom. The smallest absolute Gasteiger partial charge is 0.390 e. The molecule has 4 heteroatoms. The van der Waals surface area contributed by atoms with E-state index in [1.807, 2.05) is 6.92 Å². The van der Waals surface area contributed by atoms with Crippen molar-refractivity contribution in [3.05, 3.63) is 0 Å². The summed E-state index contributed by atoms with van der Waals surface area (Å²) in [5.74, 6) is 0. The molecule has 0 amide bonds. The predicted octanol–water partition coefficient (Wildman–Crippen LogP) is -0.298. The van der Waals surface area contributed by atoms with Crippen LogP contribution in [0, 0.1) is 0 Å². The molecule has 0 aliphatic carbocycles. The van der Waals surface area contributed by atoms with Crippen LogP contribution in [0.1, 0.15) is 19.8 Å². The molecule has 0 aromatic carbocycles. The molecule has 0 aromatic heterocycles. The van der Waals surface area contributed by atoms with Crippen LogP contribution in [0.25, 0.3) is 0 Å². The first kappa shape index (κ1) is 4.00. The molecule has 8 heavy (non-hydrogen) atoms. The average molecular weight is 142 g/mol. The molecule has 50 valence electrons. The molecule has 0 unspecified atom stereocenters. The Balaban J connectivity index is 3.84. The number of unbranched alkanes of at least 4 members (excludes halogenated alkanes) is 1. The van der Waals surface area contributed by atoms with Crippen molar-refractivity contribution in [3.63, 3.8) is 0 Å². The fourth-order valence-electron chi connectivity index (χ4n) is 0.393. The molecule has 0 atom stereocenters. The fourth-order valence-corrected chi connectivity index (χ4v) is 1.18. The SMILES string of the molecule is [3H]O[Si](CCCC)(O[3H])O[3H]. The van der Waals surface area contributed by atoms with Gasteiger partial charge in [0, 0.05) is 6.04 Å². The number of rotatable bonds is 6. The first-order valence-corrected chi connectivity index (χ1v) is 4.60. The second-order valence-electron chi connectivity index (χ2n) is 1.79. The van der Waals surface area contributed by atoms with Gasteiger partial charge >= 0.3 is 8.80 Å². The minimum atomic E-state index is -3.24. The Bertz CT molecular complexity index is 92.3. The van der Waals surface area contributed by atoms with E-state index < -0.39 is 8.80 Å². The van der Waals surface area contributed by atoms with Crippen molar-refractivity contribution in [2.24, 2.45) is 0 Å². The Kier molecular flexibility index (Phi) is 1.59. The highest BCUT2D eigenvalue weighted by atomic mass is 28.4. The molecule has 3 N–H and O–H groups in total. The zero-order valence-electron chi connectivity index (χ0n) is 7.85. The van der Waals surface area contributed by atoms with E-state index in [4.69, 9.17) is 4.29 Å². The summed E-state index contributed by atoms with van der Waals surface area (Å²) in [4.78, 5) is 12.3. The molecule has 0 aliphatic rings. The highest BCUT2D eigenvalue weighted by Gasteiger charge is 2.24. The van der Waals surface area contributed by atoms with Gasteiger partial charge in [-0.15, -0.1) is 0 Å². The third-order valence-electron chi connectivity index (χ3n) is 0.837. The molecular weight excluding hydrogens is 124 g/mol. The fraction of sp³-hybridized carbons (Fsp3) is 1.00. The predicted molar refractivity (Wildman–Crippen MR) is 32.1 cm³/mol. The van der Waals surface area contributed by atoms with Gasteiger partial charge in [0.05, 0.1) is 0 Å². The Morgan fingerprint density at radius 1 is 1.50 bits per heavy atom. The molecule has 0 radical (unpaired) electrons. The van der Waals surface area contributed by atoms with Gasteiger partial charge in [-0.2, -0.15) is 0 Å². The molecule has 0 heterocycles. The monoisotopic (exact) mass is 142 g/mol. The zero-order valence-corrected chi connectivity index (χ0v) is 5.85. The lowest BCUT2D eigenvalue weighted by atomic mass is 10.4. The molecule has 0 aliphatic heterocycles. The van der Waals surface area contributed by atoms with Crippen molar-refractivity contribution in [2.45, 2.75) is 25.8 Å². The van der Waals surface area contributed by atoms with E-state index in [2.05, 4.69) is 14.4 Å². The van der Waals surface area contributed by atoms with Gasteiger partial charge in [0.15, 0.2) is 4.29 Å². The first-order valence-electron chi connectivity index (χ1n) is 3.90. The quantitative estimate of drug-likeness (QED) is 0.446. The van der Waals surface area contributed by atoms with Crippen LogP contribution in [0.2, 0.25) is 6.04 Å². The van der Waals surface area contributed by atoms with E-state index in [1.165, 1.54) is 0 Å². The minimum Gasteiger partial charge on any atom is -0.390 e. The van der Waals surface area contributed by atoms with Crippen LogP contribution in [0.15, 0.2) is 0 Å². The van der Waals surface area contributed by atoms with Crippen molar-refractivity contribution in [1.82, 2.24) is 0 Å². The molecule has 0 saturated carbocycles. The standard InChI is InChI=1S/C4H12O3Si/c1-2-3-4-8(5,6)7/h5-7H,2-4H2,1H3/i5T,6T,7T. The lowest BCUT2D eigenvalue weighted by Crippen LogP contribution is -2.33. The molecule has 0 aromatic rings. The van der Waals surface area contributed by atoms with Crippen LogP contribution >= 0.6 is 0 Å². The first-order chi connectivity index (χ1) is 5.24. The van der Waals surface area contributed by atoms with Crippen LogP contribution in [0.3, 0.4) is 0 Å².